The Hall–Kier alpha value is -1.65. The van der Waals surface area contributed by atoms with Gasteiger partial charge in [0.05, 0.1) is 5.56 Å². The Labute approximate surface area is 126 Å². The fraction of sp³-hybridized carbons (Fsp3) is 0.688. The summed E-state index contributed by atoms with van der Waals surface area (Å²) in [5.74, 6) is 0.851. The molecular formula is C16H24N4O. The number of hydrogen-bond acceptors (Lipinski definition) is 4. The van der Waals surface area contributed by atoms with Crippen molar-refractivity contribution in [2.24, 2.45) is 0 Å². The Kier molecular flexibility index (Phi) is 4.68. The van der Waals surface area contributed by atoms with Gasteiger partial charge in [-0.05, 0) is 32.1 Å². The predicted molar refractivity (Wildman–Crippen MR) is 82.5 cm³/mol. The number of likely N-dealkylation sites (tertiary alicyclic amines) is 1. The molecule has 5 heteroatoms. The van der Waals surface area contributed by atoms with Crippen LogP contribution in [0.1, 0.15) is 55.3 Å². The quantitative estimate of drug-likeness (QED) is 0.839. The first-order valence-electron chi connectivity index (χ1n) is 8.21. The molecule has 0 aliphatic carbocycles. The van der Waals surface area contributed by atoms with Crippen LogP contribution in [0.4, 0.5) is 5.95 Å². The smallest absolute Gasteiger partial charge is 0.256 e. The van der Waals surface area contributed by atoms with Crippen LogP contribution < -0.4 is 4.90 Å². The van der Waals surface area contributed by atoms with Crippen LogP contribution in [-0.4, -0.2) is 47.0 Å². The molecule has 21 heavy (non-hydrogen) atoms. The maximum Gasteiger partial charge on any atom is 0.256 e. The van der Waals surface area contributed by atoms with Crippen LogP contribution in [0.2, 0.25) is 0 Å². The topological polar surface area (TPSA) is 49.3 Å². The van der Waals surface area contributed by atoms with E-state index in [9.17, 15) is 4.79 Å². The number of nitrogens with zero attached hydrogens (tertiary/aromatic N) is 4. The van der Waals surface area contributed by atoms with E-state index in [-0.39, 0.29) is 5.91 Å². The van der Waals surface area contributed by atoms with Crippen LogP contribution in [0.5, 0.6) is 0 Å². The molecule has 2 fully saturated rings. The first-order valence-corrected chi connectivity index (χ1v) is 8.21. The van der Waals surface area contributed by atoms with Gasteiger partial charge < -0.3 is 9.80 Å². The zero-order valence-corrected chi connectivity index (χ0v) is 12.6. The molecule has 5 nitrogen and oxygen atoms in total. The van der Waals surface area contributed by atoms with Gasteiger partial charge in [0.25, 0.3) is 5.91 Å². The van der Waals surface area contributed by atoms with Crippen molar-refractivity contribution in [3.05, 3.63) is 18.0 Å². The number of anilines is 1. The lowest BCUT2D eigenvalue weighted by Gasteiger charge is -2.26. The van der Waals surface area contributed by atoms with Crippen LogP contribution in [0.15, 0.2) is 12.4 Å². The summed E-state index contributed by atoms with van der Waals surface area (Å²) in [6, 6.07) is 0. The highest BCUT2D eigenvalue weighted by Gasteiger charge is 2.19. The van der Waals surface area contributed by atoms with Crippen LogP contribution in [0.25, 0.3) is 0 Å². The second-order valence-corrected chi connectivity index (χ2v) is 6.03. The molecule has 0 bridgehead atoms. The molecule has 1 aromatic rings. The van der Waals surface area contributed by atoms with E-state index in [2.05, 4.69) is 14.9 Å². The minimum Gasteiger partial charge on any atom is -0.341 e. The second-order valence-electron chi connectivity index (χ2n) is 6.03. The van der Waals surface area contributed by atoms with Crippen molar-refractivity contribution in [1.29, 1.82) is 0 Å². The lowest BCUT2D eigenvalue weighted by Crippen LogP contribution is -2.33. The minimum absolute atomic E-state index is 0.0853. The monoisotopic (exact) mass is 288 g/mol. The van der Waals surface area contributed by atoms with E-state index in [0.29, 0.717) is 5.56 Å². The maximum absolute atomic E-state index is 12.5. The lowest BCUT2D eigenvalue weighted by atomic mass is 10.1. The van der Waals surface area contributed by atoms with E-state index in [1.807, 2.05) is 4.90 Å². The third-order valence-electron chi connectivity index (χ3n) is 4.42. The van der Waals surface area contributed by atoms with E-state index in [4.69, 9.17) is 0 Å². The van der Waals surface area contributed by atoms with E-state index in [1.165, 1.54) is 32.1 Å². The van der Waals surface area contributed by atoms with Gasteiger partial charge in [0.1, 0.15) is 0 Å². The van der Waals surface area contributed by atoms with Gasteiger partial charge in [-0.1, -0.05) is 12.8 Å². The van der Waals surface area contributed by atoms with Crippen LogP contribution >= 0.6 is 0 Å². The molecule has 0 N–H and O–H groups in total. The molecule has 0 aromatic carbocycles. The summed E-state index contributed by atoms with van der Waals surface area (Å²) in [4.78, 5) is 25.5. The summed E-state index contributed by atoms with van der Waals surface area (Å²) in [5, 5.41) is 0. The molecule has 0 unspecified atom stereocenters. The largest absolute Gasteiger partial charge is 0.341 e. The van der Waals surface area contributed by atoms with Gasteiger partial charge in [0.2, 0.25) is 5.95 Å². The van der Waals surface area contributed by atoms with Crippen molar-refractivity contribution in [2.75, 3.05) is 31.1 Å². The summed E-state index contributed by atoms with van der Waals surface area (Å²) in [6.07, 6.45) is 11.8. The lowest BCUT2D eigenvalue weighted by molar-refractivity contribution is 0.0761. The molecule has 3 heterocycles. The number of amides is 1. The Morgan fingerprint density at radius 3 is 1.95 bits per heavy atom. The van der Waals surface area contributed by atoms with Gasteiger partial charge in [-0.25, -0.2) is 9.97 Å². The van der Waals surface area contributed by atoms with Crippen molar-refractivity contribution in [1.82, 2.24) is 14.9 Å². The average molecular weight is 288 g/mol. The molecule has 2 aliphatic heterocycles. The third kappa shape index (κ3) is 3.52. The van der Waals surface area contributed by atoms with E-state index < -0.39 is 0 Å². The minimum atomic E-state index is 0.0853. The number of piperidine rings is 1. The Morgan fingerprint density at radius 2 is 1.33 bits per heavy atom. The fourth-order valence-corrected chi connectivity index (χ4v) is 3.15. The SMILES string of the molecule is O=C(c1cnc(N2CCCCC2)nc1)N1CCCCCC1. The summed E-state index contributed by atoms with van der Waals surface area (Å²) in [7, 11) is 0. The summed E-state index contributed by atoms with van der Waals surface area (Å²) in [6.45, 7) is 3.79. The highest BCUT2D eigenvalue weighted by atomic mass is 16.2. The highest BCUT2D eigenvalue weighted by molar-refractivity contribution is 5.93. The number of aromatic nitrogens is 2. The second kappa shape index (κ2) is 6.87. The first-order chi connectivity index (χ1) is 10.3. The molecule has 0 radical (unpaired) electrons. The van der Waals surface area contributed by atoms with Gasteiger partial charge in [0.15, 0.2) is 0 Å². The van der Waals surface area contributed by atoms with Gasteiger partial charge in [-0.3, -0.25) is 4.79 Å². The molecule has 114 valence electrons. The molecular weight excluding hydrogens is 264 g/mol. The van der Waals surface area contributed by atoms with Crippen LogP contribution in [0.3, 0.4) is 0 Å². The summed E-state index contributed by atoms with van der Waals surface area (Å²) in [5.41, 5.74) is 0.623. The van der Waals surface area contributed by atoms with Gasteiger partial charge in [-0.2, -0.15) is 0 Å². The van der Waals surface area contributed by atoms with Gasteiger partial charge in [-0.15, -0.1) is 0 Å². The normalized spacial score (nSPS) is 20.2. The number of hydrogen-bond donors (Lipinski definition) is 0. The molecule has 0 spiro atoms. The molecule has 2 saturated heterocycles. The van der Waals surface area contributed by atoms with Crippen LogP contribution in [0, 0.1) is 0 Å². The molecule has 2 aliphatic rings. The maximum atomic E-state index is 12.5. The van der Waals surface area contributed by atoms with Crippen molar-refractivity contribution in [2.45, 2.75) is 44.9 Å². The number of carbonyl (C=O) groups excluding carboxylic acids is 1. The zero-order chi connectivity index (χ0) is 14.5. The van der Waals surface area contributed by atoms with E-state index in [0.717, 1.165) is 45.0 Å². The average Bonchev–Trinajstić information content (AvgIpc) is 2.84. The fourth-order valence-electron chi connectivity index (χ4n) is 3.15. The predicted octanol–water partition coefficient (Wildman–Crippen LogP) is 2.48. The van der Waals surface area contributed by atoms with Crippen molar-refractivity contribution in [3.8, 4) is 0 Å². The van der Waals surface area contributed by atoms with Gasteiger partial charge >= 0.3 is 0 Å². The third-order valence-corrected chi connectivity index (χ3v) is 4.42. The standard InChI is InChI=1S/C16H24N4O/c21-15(19-8-4-1-2-5-9-19)14-12-17-16(18-13-14)20-10-6-3-7-11-20/h12-13H,1-11H2. The molecule has 0 atom stereocenters. The molecule has 3 rings (SSSR count). The molecule has 1 aromatic heterocycles. The zero-order valence-electron chi connectivity index (χ0n) is 12.6. The Morgan fingerprint density at radius 1 is 0.810 bits per heavy atom. The van der Waals surface area contributed by atoms with Crippen molar-refractivity contribution in [3.63, 3.8) is 0 Å². The Balaban J connectivity index is 1.66. The first kappa shape index (κ1) is 14.3. The summed E-state index contributed by atoms with van der Waals surface area (Å²) < 4.78 is 0. The molecule has 0 saturated carbocycles. The Bertz CT molecular complexity index is 460. The highest BCUT2D eigenvalue weighted by Crippen LogP contribution is 2.16. The van der Waals surface area contributed by atoms with Crippen molar-refractivity contribution < 1.29 is 4.79 Å². The van der Waals surface area contributed by atoms with E-state index in [1.54, 1.807) is 12.4 Å². The van der Waals surface area contributed by atoms with Crippen molar-refractivity contribution >= 4 is 11.9 Å². The van der Waals surface area contributed by atoms with Crippen LogP contribution in [-0.2, 0) is 0 Å². The van der Waals surface area contributed by atoms with E-state index >= 15 is 0 Å². The molecule has 1 amide bonds. The van der Waals surface area contributed by atoms with Gasteiger partial charge in [0, 0.05) is 38.6 Å². The number of carbonyl (C=O) groups is 1. The number of rotatable bonds is 2. The summed E-state index contributed by atoms with van der Waals surface area (Å²) >= 11 is 0.